The maximum absolute atomic E-state index is 14.5. The van der Waals surface area contributed by atoms with Crippen molar-refractivity contribution in [1.82, 2.24) is 14.7 Å². The smallest absolute Gasteiger partial charge is 0.411 e. The first-order valence-electron chi connectivity index (χ1n) is 19.2. The Labute approximate surface area is 326 Å². The molecule has 1 aromatic rings. The van der Waals surface area contributed by atoms with Gasteiger partial charge < -0.3 is 28.6 Å². The van der Waals surface area contributed by atoms with E-state index < -0.39 is 88.7 Å². The summed E-state index contributed by atoms with van der Waals surface area (Å²) in [5.74, 6) is -2.65. The summed E-state index contributed by atoms with van der Waals surface area (Å²) in [6.07, 6.45) is -1.49. The van der Waals surface area contributed by atoms with Gasteiger partial charge in [-0.1, -0.05) is 30.3 Å². The van der Waals surface area contributed by atoms with Crippen molar-refractivity contribution >= 4 is 36.0 Å². The summed E-state index contributed by atoms with van der Waals surface area (Å²) in [6, 6.07) is 4.71. The lowest BCUT2D eigenvalue weighted by Crippen LogP contribution is -2.58. The fourth-order valence-electron chi connectivity index (χ4n) is 6.43. The highest BCUT2D eigenvalue weighted by Crippen LogP contribution is 2.29. The molecule has 2 aliphatic rings. The number of carbonyl (C=O) groups is 6. The van der Waals surface area contributed by atoms with E-state index in [0.717, 1.165) is 10.5 Å². The number of esters is 3. The minimum Gasteiger partial charge on any atom is -0.459 e. The van der Waals surface area contributed by atoms with Crippen molar-refractivity contribution in [1.29, 1.82) is 0 Å². The van der Waals surface area contributed by atoms with Gasteiger partial charge in [-0.05, 0) is 121 Å². The topological polar surface area (TPSA) is 158 Å². The van der Waals surface area contributed by atoms with Crippen LogP contribution in [-0.2, 0) is 49.3 Å². The Morgan fingerprint density at radius 3 is 1.78 bits per heavy atom. The van der Waals surface area contributed by atoms with Crippen LogP contribution in [0.4, 0.5) is 9.59 Å². The van der Waals surface area contributed by atoms with Gasteiger partial charge in [0.15, 0.2) is 0 Å². The van der Waals surface area contributed by atoms with E-state index in [1.165, 1.54) is 16.7 Å². The third-order valence-electron chi connectivity index (χ3n) is 8.60. The Hall–Kier alpha value is -4.36. The van der Waals surface area contributed by atoms with Gasteiger partial charge in [-0.15, -0.1) is 0 Å². The van der Waals surface area contributed by atoms with Gasteiger partial charge in [-0.25, -0.2) is 24.0 Å². The zero-order valence-corrected chi connectivity index (χ0v) is 35.1. The number of hydrogen-bond acceptors (Lipinski definition) is 11. The molecule has 14 heteroatoms. The Balaban J connectivity index is 2.02. The number of hydrogen-bond donors (Lipinski definition) is 0. The number of carbonyl (C=O) groups excluding carboxylic acids is 6. The van der Waals surface area contributed by atoms with Crippen molar-refractivity contribution in [3.8, 4) is 0 Å². The zero-order chi connectivity index (χ0) is 41.7. The molecule has 55 heavy (non-hydrogen) atoms. The van der Waals surface area contributed by atoms with Gasteiger partial charge in [0.2, 0.25) is 5.91 Å². The zero-order valence-electron chi connectivity index (χ0n) is 35.1. The van der Waals surface area contributed by atoms with Crippen LogP contribution in [0.1, 0.15) is 121 Å². The summed E-state index contributed by atoms with van der Waals surface area (Å²) in [5, 5.41) is 0. The van der Waals surface area contributed by atoms with E-state index in [0.29, 0.717) is 19.3 Å². The van der Waals surface area contributed by atoms with Crippen LogP contribution in [0.3, 0.4) is 0 Å². The van der Waals surface area contributed by atoms with Crippen LogP contribution in [0, 0.1) is 0 Å². The fraction of sp³-hybridized carbons (Fsp3) is 0.707. The Bertz CT molecular complexity index is 1500. The van der Waals surface area contributed by atoms with Gasteiger partial charge in [0, 0.05) is 13.0 Å². The van der Waals surface area contributed by atoms with Crippen molar-refractivity contribution in [2.75, 3.05) is 13.1 Å². The molecule has 14 nitrogen and oxygen atoms in total. The summed E-state index contributed by atoms with van der Waals surface area (Å²) >= 11 is 0. The quantitative estimate of drug-likeness (QED) is 0.197. The Morgan fingerprint density at radius 1 is 0.727 bits per heavy atom. The number of nitrogens with zero attached hydrogens (tertiary/aromatic N) is 3. The summed E-state index contributed by atoms with van der Waals surface area (Å²) in [4.78, 5) is 86.7. The standard InChI is InChI=1S/C41H63N3O11/c1-26(32(45)42-23-17-20-29(42)34(47)52-38(2,3)4)44(37(50)55-41(11,12)13)30(22-21-27-18-15-14-16-19-27)33(46)51-28-24-31(35(48)53-39(5,6)7)43(25-28)36(49)54-40(8,9)10/h14-16,18-19,26,28-31H,17,20-25H2,1-13H3/t26-,28+,29-,30-,31-/m0/s1. The van der Waals surface area contributed by atoms with Gasteiger partial charge in [0.1, 0.15) is 52.7 Å². The average molecular weight is 774 g/mol. The lowest BCUT2D eigenvalue weighted by Gasteiger charge is -2.38. The minimum atomic E-state index is -1.35. The van der Waals surface area contributed by atoms with Crippen LogP contribution in [0.2, 0.25) is 0 Å². The maximum atomic E-state index is 14.5. The predicted molar refractivity (Wildman–Crippen MR) is 204 cm³/mol. The average Bonchev–Trinajstić information content (AvgIpc) is 3.68. The first kappa shape index (κ1) is 45.0. The molecule has 0 saturated carbocycles. The monoisotopic (exact) mass is 773 g/mol. The van der Waals surface area contributed by atoms with E-state index in [4.69, 9.17) is 23.7 Å². The SMILES string of the molecule is C[C@@H](C(=O)N1CCC[C@H]1C(=O)OC(C)(C)C)N(C(=O)OC(C)(C)C)[C@@H](CCc1ccccc1)C(=O)O[C@@H]1C[C@@H](C(=O)OC(C)(C)C)N(C(=O)OC(C)(C)C)C1. The highest BCUT2D eigenvalue weighted by Gasteiger charge is 2.48. The number of likely N-dealkylation sites (tertiary alicyclic amines) is 2. The molecule has 308 valence electrons. The predicted octanol–water partition coefficient (Wildman–Crippen LogP) is 6.21. The molecule has 2 aliphatic heterocycles. The van der Waals surface area contributed by atoms with E-state index in [2.05, 4.69) is 0 Å². The number of ether oxygens (including phenoxy) is 5. The van der Waals surface area contributed by atoms with E-state index in [1.54, 1.807) is 83.1 Å². The third-order valence-corrected chi connectivity index (χ3v) is 8.60. The van der Waals surface area contributed by atoms with Crippen LogP contribution in [-0.4, -0.2) is 116 Å². The first-order valence-corrected chi connectivity index (χ1v) is 19.2. The highest BCUT2D eigenvalue weighted by atomic mass is 16.6. The molecule has 3 amide bonds. The summed E-state index contributed by atoms with van der Waals surface area (Å²) < 4.78 is 28.7. The molecule has 0 aliphatic carbocycles. The number of aryl methyl sites for hydroxylation is 1. The fourth-order valence-corrected chi connectivity index (χ4v) is 6.43. The minimum absolute atomic E-state index is 0.0349. The molecule has 0 radical (unpaired) electrons. The van der Waals surface area contributed by atoms with Gasteiger partial charge in [-0.3, -0.25) is 14.6 Å². The molecule has 2 heterocycles. The highest BCUT2D eigenvalue weighted by molar-refractivity contribution is 5.92. The van der Waals surface area contributed by atoms with Crippen molar-refractivity contribution in [3.05, 3.63) is 35.9 Å². The molecule has 5 atom stereocenters. The third kappa shape index (κ3) is 13.7. The molecule has 0 aromatic heterocycles. The molecule has 0 unspecified atom stereocenters. The van der Waals surface area contributed by atoms with Crippen LogP contribution in [0.15, 0.2) is 30.3 Å². The van der Waals surface area contributed by atoms with Crippen LogP contribution in [0.25, 0.3) is 0 Å². The Morgan fingerprint density at radius 2 is 1.25 bits per heavy atom. The molecule has 0 N–H and O–H groups in total. The van der Waals surface area contributed by atoms with Crippen LogP contribution in [0.5, 0.6) is 0 Å². The largest absolute Gasteiger partial charge is 0.459 e. The summed E-state index contributed by atoms with van der Waals surface area (Å²) in [7, 11) is 0. The summed E-state index contributed by atoms with van der Waals surface area (Å²) in [5.41, 5.74) is -2.64. The molecule has 0 bridgehead atoms. The molecule has 2 saturated heterocycles. The lowest BCUT2D eigenvalue weighted by atomic mass is 10.0. The molecular weight excluding hydrogens is 710 g/mol. The molecule has 3 rings (SSSR count). The van der Waals surface area contributed by atoms with Gasteiger partial charge >= 0.3 is 30.1 Å². The van der Waals surface area contributed by atoms with E-state index in [9.17, 15) is 28.8 Å². The molecule has 1 aromatic carbocycles. The second-order valence-electron chi connectivity index (χ2n) is 18.3. The number of rotatable bonds is 10. The molecule has 0 spiro atoms. The first-order chi connectivity index (χ1) is 25.2. The maximum Gasteiger partial charge on any atom is 0.411 e. The summed E-state index contributed by atoms with van der Waals surface area (Å²) in [6.45, 7) is 22.0. The van der Waals surface area contributed by atoms with Crippen molar-refractivity contribution in [2.24, 2.45) is 0 Å². The van der Waals surface area contributed by atoms with E-state index >= 15 is 0 Å². The van der Waals surface area contributed by atoms with Crippen molar-refractivity contribution in [2.45, 2.75) is 175 Å². The second kappa shape index (κ2) is 17.6. The Kier molecular flexibility index (Phi) is 14.4. The number of benzene rings is 1. The van der Waals surface area contributed by atoms with Crippen molar-refractivity contribution in [3.63, 3.8) is 0 Å². The second-order valence-corrected chi connectivity index (χ2v) is 18.3. The normalized spacial score (nSPS) is 20.3. The van der Waals surface area contributed by atoms with Gasteiger partial charge in [0.05, 0.1) is 6.54 Å². The van der Waals surface area contributed by atoms with E-state index in [1.807, 2.05) is 30.3 Å². The molecule has 2 fully saturated rings. The molecular formula is C41H63N3O11. The lowest BCUT2D eigenvalue weighted by molar-refractivity contribution is -0.165. The van der Waals surface area contributed by atoms with Crippen molar-refractivity contribution < 1.29 is 52.5 Å². The van der Waals surface area contributed by atoms with Crippen LogP contribution >= 0.6 is 0 Å². The van der Waals surface area contributed by atoms with Gasteiger partial charge in [-0.2, -0.15) is 0 Å². The van der Waals surface area contributed by atoms with E-state index in [-0.39, 0.29) is 25.9 Å². The number of amides is 3. The van der Waals surface area contributed by atoms with Crippen LogP contribution < -0.4 is 0 Å². The van der Waals surface area contributed by atoms with Gasteiger partial charge in [0.25, 0.3) is 0 Å².